The minimum atomic E-state index is -0.453. The number of methoxy groups -OCH3 is 2. The summed E-state index contributed by atoms with van der Waals surface area (Å²) >= 11 is 0. The second-order valence-corrected chi connectivity index (χ2v) is 2.71. The van der Waals surface area contributed by atoms with Crippen LogP contribution in [0.5, 0.6) is 5.88 Å². The van der Waals surface area contributed by atoms with Crippen LogP contribution in [0.25, 0.3) is 0 Å². The topological polar surface area (TPSA) is 48.4 Å². The van der Waals surface area contributed by atoms with Crippen LogP contribution in [0.1, 0.15) is 23.0 Å². The summed E-state index contributed by atoms with van der Waals surface area (Å²) in [6.45, 7) is 2.00. The minimum absolute atomic E-state index is 0.265. The molecule has 0 spiro atoms. The number of hydrogen-bond acceptors (Lipinski definition) is 4. The average molecular weight is 195 g/mol. The normalized spacial score (nSPS) is 9.64. The lowest BCUT2D eigenvalue weighted by molar-refractivity contribution is 0.0593. The van der Waals surface area contributed by atoms with E-state index in [0.29, 0.717) is 5.88 Å². The first-order chi connectivity index (χ1) is 6.72. The first kappa shape index (κ1) is 10.5. The molecule has 0 bridgehead atoms. The van der Waals surface area contributed by atoms with Gasteiger partial charge in [0.05, 0.1) is 14.2 Å². The van der Waals surface area contributed by atoms with Crippen LogP contribution in [0.3, 0.4) is 0 Å². The summed E-state index contributed by atoms with van der Waals surface area (Å²) in [6, 6.07) is 3.45. The molecule has 1 aromatic heterocycles. The Labute approximate surface area is 82.9 Å². The van der Waals surface area contributed by atoms with Crippen LogP contribution in [0.15, 0.2) is 12.1 Å². The molecular formula is C10H13NO3. The Bertz CT molecular complexity index is 336. The largest absolute Gasteiger partial charge is 0.481 e. The summed E-state index contributed by atoms with van der Waals surface area (Å²) in [7, 11) is 2.85. The van der Waals surface area contributed by atoms with Gasteiger partial charge in [0.1, 0.15) is 0 Å². The van der Waals surface area contributed by atoms with Gasteiger partial charge in [0, 0.05) is 5.56 Å². The van der Waals surface area contributed by atoms with E-state index in [2.05, 4.69) is 9.72 Å². The van der Waals surface area contributed by atoms with E-state index in [1.165, 1.54) is 14.2 Å². The highest BCUT2D eigenvalue weighted by Crippen LogP contribution is 2.16. The SMILES string of the molecule is CCc1ccc(C(=O)OC)nc1OC. The van der Waals surface area contributed by atoms with Gasteiger partial charge in [0.2, 0.25) is 5.88 Å². The number of pyridine rings is 1. The van der Waals surface area contributed by atoms with Gasteiger partial charge in [-0.25, -0.2) is 9.78 Å². The highest BCUT2D eigenvalue weighted by Gasteiger charge is 2.10. The number of nitrogens with zero attached hydrogens (tertiary/aromatic N) is 1. The lowest BCUT2D eigenvalue weighted by Gasteiger charge is -2.06. The molecule has 0 aliphatic carbocycles. The Morgan fingerprint density at radius 2 is 2.14 bits per heavy atom. The number of carbonyl (C=O) groups excluding carboxylic acids is 1. The van der Waals surface area contributed by atoms with Gasteiger partial charge in [-0.3, -0.25) is 0 Å². The van der Waals surface area contributed by atoms with Crippen molar-refractivity contribution in [3.05, 3.63) is 23.4 Å². The molecule has 0 amide bonds. The molecule has 0 unspecified atom stereocenters. The first-order valence-electron chi connectivity index (χ1n) is 4.35. The van der Waals surface area contributed by atoms with Crippen molar-refractivity contribution in [2.45, 2.75) is 13.3 Å². The third-order valence-corrected chi connectivity index (χ3v) is 1.91. The van der Waals surface area contributed by atoms with Crippen LogP contribution < -0.4 is 4.74 Å². The van der Waals surface area contributed by atoms with Gasteiger partial charge in [-0.15, -0.1) is 0 Å². The zero-order valence-electron chi connectivity index (χ0n) is 8.53. The van der Waals surface area contributed by atoms with E-state index < -0.39 is 5.97 Å². The Hall–Kier alpha value is -1.58. The van der Waals surface area contributed by atoms with E-state index in [1.54, 1.807) is 6.07 Å². The van der Waals surface area contributed by atoms with Gasteiger partial charge in [0.15, 0.2) is 5.69 Å². The van der Waals surface area contributed by atoms with E-state index in [9.17, 15) is 4.79 Å². The number of esters is 1. The summed E-state index contributed by atoms with van der Waals surface area (Å²) in [5.41, 5.74) is 1.24. The molecule has 0 saturated carbocycles. The van der Waals surface area contributed by atoms with Gasteiger partial charge in [-0.2, -0.15) is 0 Å². The van der Waals surface area contributed by atoms with E-state index in [4.69, 9.17) is 4.74 Å². The molecule has 1 heterocycles. The number of rotatable bonds is 3. The van der Waals surface area contributed by atoms with Crippen LogP contribution in [-0.4, -0.2) is 25.2 Å². The van der Waals surface area contributed by atoms with E-state index in [0.717, 1.165) is 12.0 Å². The van der Waals surface area contributed by atoms with Crippen molar-refractivity contribution in [2.75, 3.05) is 14.2 Å². The maximum atomic E-state index is 11.1. The highest BCUT2D eigenvalue weighted by molar-refractivity contribution is 5.87. The van der Waals surface area contributed by atoms with Gasteiger partial charge < -0.3 is 9.47 Å². The molecule has 0 fully saturated rings. The third kappa shape index (κ3) is 2.02. The first-order valence-corrected chi connectivity index (χ1v) is 4.35. The van der Waals surface area contributed by atoms with Crippen molar-refractivity contribution in [1.29, 1.82) is 0 Å². The molecule has 0 radical (unpaired) electrons. The second kappa shape index (κ2) is 4.60. The number of carbonyl (C=O) groups is 1. The summed E-state index contributed by atoms with van der Waals surface area (Å²) in [5.74, 6) is 0.0290. The number of aromatic nitrogens is 1. The van der Waals surface area contributed by atoms with Crippen molar-refractivity contribution < 1.29 is 14.3 Å². The van der Waals surface area contributed by atoms with Crippen LogP contribution >= 0.6 is 0 Å². The predicted octanol–water partition coefficient (Wildman–Crippen LogP) is 1.44. The van der Waals surface area contributed by atoms with Crippen LogP contribution in [0.4, 0.5) is 0 Å². The van der Waals surface area contributed by atoms with Gasteiger partial charge in [-0.1, -0.05) is 13.0 Å². The molecule has 0 aromatic carbocycles. The Kier molecular flexibility index (Phi) is 3.45. The molecule has 1 rings (SSSR count). The monoisotopic (exact) mass is 195 g/mol. The van der Waals surface area contributed by atoms with Gasteiger partial charge >= 0.3 is 5.97 Å². The van der Waals surface area contributed by atoms with Crippen LogP contribution in [-0.2, 0) is 11.2 Å². The molecule has 76 valence electrons. The summed E-state index contributed by atoms with van der Waals surface area (Å²) in [4.78, 5) is 15.2. The molecule has 1 aromatic rings. The molecule has 4 heteroatoms. The number of ether oxygens (including phenoxy) is 2. The minimum Gasteiger partial charge on any atom is -0.481 e. The third-order valence-electron chi connectivity index (χ3n) is 1.91. The summed E-state index contributed by atoms with van der Waals surface area (Å²) in [6.07, 6.45) is 0.817. The van der Waals surface area contributed by atoms with Gasteiger partial charge in [0.25, 0.3) is 0 Å². The van der Waals surface area contributed by atoms with Crippen molar-refractivity contribution in [3.8, 4) is 5.88 Å². The van der Waals surface area contributed by atoms with Crippen LogP contribution in [0, 0.1) is 0 Å². The summed E-state index contributed by atoms with van der Waals surface area (Å²) < 4.78 is 9.60. The van der Waals surface area contributed by atoms with Crippen molar-refractivity contribution in [3.63, 3.8) is 0 Å². The highest BCUT2D eigenvalue weighted by atomic mass is 16.5. The van der Waals surface area contributed by atoms with E-state index in [1.807, 2.05) is 13.0 Å². The maximum absolute atomic E-state index is 11.1. The zero-order valence-corrected chi connectivity index (χ0v) is 8.53. The Balaban J connectivity index is 3.07. The standard InChI is InChI=1S/C10H13NO3/c1-4-7-5-6-8(10(12)14-3)11-9(7)13-2/h5-6H,4H2,1-3H3. The van der Waals surface area contributed by atoms with Crippen molar-refractivity contribution in [2.24, 2.45) is 0 Å². The van der Waals surface area contributed by atoms with Crippen LogP contribution in [0.2, 0.25) is 0 Å². The molecule has 0 aliphatic heterocycles. The van der Waals surface area contributed by atoms with Crippen molar-refractivity contribution >= 4 is 5.97 Å². The lowest BCUT2D eigenvalue weighted by Crippen LogP contribution is -2.06. The predicted molar refractivity (Wildman–Crippen MR) is 51.5 cm³/mol. The lowest BCUT2D eigenvalue weighted by atomic mass is 10.2. The number of hydrogen-bond donors (Lipinski definition) is 0. The van der Waals surface area contributed by atoms with Gasteiger partial charge in [-0.05, 0) is 12.5 Å². The molecule has 0 aliphatic rings. The smallest absolute Gasteiger partial charge is 0.356 e. The maximum Gasteiger partial charge on any atom is 0.356 e. The second-order valence-electron chi connectivity index (χ2n) is 2.71. The zero-order chi connectivity index (χ0) is 10.6. The Morgan fingerprint density at radius 1 is 1.43 bits per heavy atom. The fraction of sp³-hybridized carbons (Fsp3) is 0.400. The fourth-order valence-corrected chi connectivity index (χ4v) is 1.13. The molecule has 4 nitrogen and oxygen atoms in total. The molecule has 0 N–H and O–H groups in total. The molecule has 14 heavy (non-hydrogen) atoms. The average Bonchev–Trinajstić information content (AvgIpc) is 2.26. The summed E-state index contributed by atoms with van der Waals surface area (Å²) in [5, 5.41) is 0. The van der Waals surface area contributed by atoms with E-state index in [-0.39, 0.29) is 5.69 Å². The molecular weight excluding hydrogens is 182 g/mol. The quantitative estimate of drug-likeness (QED) is 0.685. The number of aryl methyl sites for hydroxylation is 1. The van der Waals surface area contributed by atoms with Crippen molar-refractivity contribution in [1.82, 2.24) is 4.98 Å². The van der Waals surface area contributed by atoms with E-state index >= 15 is 0 Å². The Morgan fingerprint density at radius 3 is 2.64 bits per heavy atom. The fourth-order valence-electron chi connectivity index (χ4n) is 1.13. The molecule has 0 saturated heterocycles. The molecule has 0 atom stereocenters.